The van der Waals surface area contributed by atoms with E-state index in [2.05, 4.69) is 5.10 Å². The van der Waals surface area contributed by atoms with Crippen LogP contribution in [0.3, 0.4) is 0 Å². The summed E-state index contributed by atoms with van der Waals surface area (Å²) in [5.74, 6) is -0.0669. The van der Waals surface area contributed by atoms with Crippen LogP contribution >= 0.6 is 23.2 Å². The summed E-state index contributed by atoms with van der Waals surface area (Å²) in [6, 6.07) is 7.16. The minimum absolute atomic E-state index is 0.0270. The van der Waals surface area contributed by atoms with Crippen LogP contribution in [0.25, 0.3) is 6.08 Å². The van der Waals surface area contributed by atoms with Crippen molar-refractivity contribution in [2.45, 2.75) is 32.9 Å². The first-order valence-corrected chi connectivity index (χ1v) is 11.9. The molecular formula is C20H23Cl2N3O3S. The molecule has 2 aromatic rings. The number of likely N-dealkylation sites (N-methyl/N-ethyl adjacent to an activating group) is 1. The third-order valence-electron chi connectivity index (χ3n) is 5.02. The fraction of sp³-hybridized carbons (Fsp3) is 0.400. The molecule has 1 aliphatic rings. The van der Waals surface area contributed by atoms with Crippen molar-refractivity contribution >= 4 is 45.0 Å². The maximum atomic E-state index is 12.7. The van der Waals surface area contributed by atoms with Crippen LogP contribution in [0, 0.1) is 6.92 Å². The Labute approximate surface area is 181 Å². The monoisotopic (exact) mass is 455 g/mol. The summed E-state index contributed by atoms with van der Waals surface area (Å²) in [7, 11) is -3.05. The number of nitrogens with zero attached hydrogens (tertiary/aromatic N) is 3. The zero-order chi connectivity index (χ0) is 21.2. The molecule has 2 heterocycles. The molecule has 1 aromatic heterocycles. The highest BCUT2D eigenvalue weighted by molar-refractivity contribution is 7.91. The normalized spacial score (nSPS) is 18.4. The number of benzene rings is 1. The molecule has 3 rings (SSSR count). The van der Waals surface area contributed by atoms with Crippen LogP contribution in [0.1, 0.15) is 30.2 Å². The van der Waals surface area contributed by atoms with Crippen LogP contribution in [-0.2, 0) is 21.2 Å². The van der Waals surface area contributed by atoms with Crippen LogP contribution in [0.4, 0.5) is 0 Å². The van der Waals surface area contributed by atoms with Crippen molar-refractivity contribution in [1.29, 1.82) is 0 Å². The van der Waals surface area contributed by atoms with E-state index in [0.717, 1.165) is 5.56 Å². The van der Waals surface area contributed by atoms with Crippen LogP contribution in [0.15, 0.2) is 30.3 Å². The molecule has 1 fully saturated rings. The zero-order valence-electron chi connectivity index (χ0n) is 16.3. The van der Waals surface area contributed by atoms with E-state index in [1.54, 1.807) is 15.7 Å². The molecule has 156 valence electrons. The molecule has 1 aromatic carbocycles. The zero-order valence-corrected chi connectivity index (χ0v) is 18.6. The van der Waals surface area contributed by atoms with E-state index in [9.17, 15) is 13.2 Å². The Morgan fingerprint density at radius 2 is 2.00 bits per heavy atom. The van der Waals surface area contributed by atoms with Gasteiger partial charge in [0.25, 0.3) is 0 Å². The van der Waals surface area contributed by atoms with Gasteiger partial charge in [-0.25, -0.2) is 13.1 Å². The third-order valence-corrected chi connectivity index (χ3v) is 7.42. The second-order valence-corrected chi connectivity index (χ2v) is 10.1. The number of hydrogen-bond acceptors (Lipinski definition) is 4. The highest BCUT2D eigenvalue weighted by Gasteiger charge is 2.33. The Morgan fingerprint density at radius 1 is 1.31 bits per heavy atom. The molecule has 0 aliphatic carbocycles. The number of aromatic nitrogens is 2. The maximum Gasteiger partial charge on any atom is 0.246 e. The van der Waals surface area contributed by atoms with Gasteiger partial charge in [-0.2, -0.15) is 5.10 Å². The van der Waals surface area contributed by atoms with E-state index < -0.39 is 9.84 Å². The second kappa shape index (κ2) is 8.90. The van der Waals surface area contributed by atoms with Crippen LogP contribution in [0.5, 0.6) is 0 Å². The van der Waals surface area contributed by atoms with Gasteiger partial charge in [0.15, 0.2) is 9.84 Å². The lowest BCUT2D eigenvalue weighted by Crippen LogP contribution is -2.40. The first kappa shape index (κ1) is 21.9. The van der Waals surface area contributed by atoms with Crippen molar-refractivity contribution in [2.24, 2.45) is 0 Å². The van der Waals surface area contributed by atoms with Crippen LogP contribution in [0.2, 0.25) is 10.2 Å². The van der Waals surface area contributed by atoms with Crippen molar-refractivity contribution in [3.8, 4) is 0 Å². The summed E-state index contributed by atoms with van der Waals surface area (Å²) in [6.45, 7) is 4.61. The lowest BCUT2D eigenvalue weighted by Gasteiger charge is -2.25. The van der Waals surface area contributed by atoms with E-state index in [4.69, 9.17) is 23.2 Å². The Hall–Kier alpha value is -1.83. The number of carbonyl (C=O) groups excluding carboxylic acids is 1. The van der Waals surface area contributed by atoms with E-state index in [-0.39, 0.29) is 23.5 Å². The Kier molecular flexibility index (Phi) is 6.71. The van der Waals surface area contributed by atoms with Crippen LogP contribution in [-0.4, -0.2) is 53.1 Å². The average Bonchev–Trinajstić information content (AvgIpc) is 3.15. The molecule has 1 aliphatic heterocycles. The molecule has 0 unspecified atom stereocenters. The minimum atomic E-state index is -3.05. The van der Waals surface area contributed by atoms with Crippen molar-refractivity contribution in [1.82, 2.24) is 14.7 Å². The molecule has 0 bridgehead atoms. The standard InChI is InChI=1S/C20H23Cl2N3O3S/c1-3-24(17-10-11-29(27,28)13-17)19(26)9-8-18-14(2)23-25(20(18)22)12-15-4-6-16(21)7-5-15/h4-9,17H,3,10-13H2,1-2H3/b9-8+/t17-/m0/s1. The summed E-state index contributed by atoms with van der Waals surface area (Å²) in [4.78, 5) is 14.3. The lowest BCUT2D eigenvalue weighted by atomic mass is 10.2. The van der Waals surface area contributed by atoms with E-state index >= 15 is 0 Å². The number of carbonyl (C=O) groups is 1. The first-order chi connectivity index (χ1) is 13.7. The van der Waals surface area contributed by atoms with Crippen molar-refractivity contribution < 1.29 is 13.2 Å². The summed E-state index contributed by atoms with van der Waals surface area (Å²) < 4.78 is 25.1. The topological polar surface area (TPSA) is 72.3 Å². The Balaban J connectivity index is 1.75. The summed E-state index contributed by atoms with van der Waals surface area (Å²) in [5.41, 5.74) is 2.38. The molecule has 9 heteroatoms. The maximum absolute atomic E-state index is 12.7. The van der Waals surface area contributed by atoms with Crippen LogP contribution < -0.4 is 0 Å². The Morgan fingerprint density at radius 3 is 2.59 bits per heavy atom. The highest BCUT2D eigenvalue weighted by Crippen LogP contribution is 2.24. The lowest BCUT2D eigenvalue weighted by molar-refractivity contribution is -0.127. The minimum Gasteiger partial charge on any atom is -0.335 e. The molecule has 6 nitrogen and oxygen atoms in total. The molecular weight excluding hydrogens is 433 g/mol. The van der Waals surface area contributed by atoms with Gasteiger partial charge in [0.1, 0.15) is 5.15 Å². The highest BCUT2D eigenvalue weighted by atomic mass is 35.5. The molecule has 29 heavy (non-hydrogen) atoms. The van der Waals surface area contributed by atoms with Gasteiger partial charge in [-0.05, 0) is 44.0 Å². The third kappa shape index (κ3) is 5.21. The van der Waals surface area contributed by atoms with Gasteiger partial charge in [0.2, 0.25) is 5.91 Å². The molecule has 1 atom stereocenters. The van der Waals surface area contributed by atoms with Gasteiger partial charge in [-0.3, -0.25) is 4.79 Å². The number of aryl methyl sites for hydroxylation is 1. The number of amides is 1. The van der Waals surface area contributed by atoms with Crippen molar-refractivity contribution in [3.05, 3.63) is 57.3 Å². The van der Waals surface area contributed by atoms with E-state index in [0.29, 0.717) is 40.9 Å². The molecule has 0 spiro atoms. The molecule has 1 amide bonds. The average molecular weight is 456 g/mol. The largest absolute Gasteiger partial charge is 0.335 e. The summed E-state index contributed by atoms with van der Waals surface area (Å²) in [6.07, 6.45) is 3.57. The number of rotatable bonds is 6. The quantitative estimate of drug-likeness (QED) is 0.623. The Bertz CT molecular complexity index is 1030. The van der Waals surface area contributed by atoms with Gasteiger partial charge in [-0.15, -0.1) is 0 Å². The fourth-order valence-electron chi connectivity index (χ4n) is 3.49. The first-order valence-electron chi connectivity index (χ1n) is 9.36. The van der Waals surface area contributed by atoms with E-state index in [1.807, 2.05) is 38.1 Å². The number of sulfone groups is 1. The predicted octanol–water partition coefficient (Wildman–Crippen LogP) is 3.60. The van der Waals surface area contributed by atoms with E-state index in [1.165, 1.54) is 6.08 Å². The molecule has 0 radical (unpaired) electrons. The SMILES string of the molecule is CCN(C(=O)/C=C/c1c(C)nn(Cc2ccc(Cl)cc2)c1Cl)[C@H]1CCS(=O)(=O)C1. The molecule has 1 saturated heterocycles. The second-order valence-electron chi connectivity index (χ2n) is 7.09. The van der Waals surface area contributed by atoms with Gasteiger partial charge < -0.3 is 4.90 Å². The molecule has 0 saturated carbocycles. The van der Waals surface area contributed by atoms with Crippen molar-refractivity contribution in [3.63, 3.8) is 0 Å². The van der Waals surface area contributed by atoms with Gasteiger partial charge in [0, 0.05) is 29.2 Å². The van der Waals surface area contributed by atoms with Gasteiger partial charge in [0.05, 0.1) is 23.7 Å². The summed E-state index contributed by atoms with van der Waals surface area (Å²) >= 11 is 12.4. The fourth-order valence-corrected chi connectivity index (χ4v) is 5.64. The molecule has 0 N–H and O–H groups in total. The van der Waals surface area contributed by atoms with Crippen molar-refractivity contribution in [2.75, 3.05) is 18.1 Å². The number of halogens is 2. The predicted molar refractivity (Wildman–Crippen MR) is 116 cm³/mol. The number of hydrogen-bond donors (Lipinski definition) is 0. The smallest absolute Gasteiger partial charge is 0.246 e. The van der Waals surface area contributed by atoms with Gasteiger partial charge in [-0.1, -0.05) is 35.3 Å². The summed E-state index contributed by atoms with van der Waals surface area (Å²) in [5, 5.41) is 5.56. The van der Waals surface area contributed by atoms with Gasteiger partial charge >= 0.3 is 0 Å².